The van der Waals surface area contributed by atoms with Crippen LogP contribution in [0, 0.1) is 12.3 Å². The molecule has 1 aromatic heterocycles. The number of anilines is 1. The Morgan fingerprint density at radius 2 is 2.00 bits per heavy atom. The number of aromatic amines is 1. The summed E-state index contributed by atoms with van der Waals surface area (Å²) in [5.74, 6) is 0.111. The number of hydrogen-bond donors (Lipinski definition) is 1. The number of benzene rings is 1. The molecule has 6 nitrogen and oxygen atoms in total. The van der Waals surface area contributed by atoms with Crippen molar-refractivity contribution in [2.45, 2.75) is 19.8 Å². The molecule has 6 heteroatoms. The number of aryl methyl sites for hydroxylation is 1. The zero-order valence-corrected chi connectivity index (χ0v) is 13.7. The molecular weight excluding hydrogens is 304 g/mol. The molecule has 2 aromatic rings. The van der Waals surface area contributed by atoms with Gasteiger partial charge >= 0.3 is 0 Å². The average Bonchev–Trinajstić information content (AvgIpc) is 3.29. The summed E-state index contributed by atoms with van der Waals surface area (Å²) < 4.78 is 0. The molecular formula is C18H20N4O2. The van der Waals surface area contributed by atoms with Crippen LogP contribution in [0.2, 0.25) is 0 Å². The molecule has 0 unspecified atom stereocenters. The van der Waals surface area contributed by atoms with Gasteiger partial charge in [-0.05, 0) is 31.5 Å². The Morgan fingerprint density at radius 1 is 1.21 bits per heavy atom. The van der Waals surface area contributed by atoms with Crippen molar-refractivity contribution in [3.63, 3.8) is 0 Å². The molecule has 2 fully saturated rings. The van der Waals surface area contributed by atoms with E-state index < -0.39 is 0 Å². The van der Waals surface area contributed by atoms with Gasteiger partial charge in [0.15, 0.2) is 0 Å². The molecule has 1 N–H and O–H groups in total. The molecule has 124 valence electrons. The maximum atomic E-state index is 12.5. The molecule has 2 amide bonds. The van der Waals surface area contributed by atoms with Crippen LogP contribution in [0.1, 0.15) is 28.9 Å². The average molecular weight is 324 g/mol. The fourth-order valence-corrected chi connectivity index (χ4v) is 3.78. The molecule has 0 bridgehead atoms. The Morgan fingerprint density at radius 3 is 2.71 bits per heavy atom. The van der Waals surface area contributed by atoms with E-state index in [1.807, 2.05) is 41.0 Å². The lowest BCUT2D eigenvalue weighted by Crippen LogP contribution is -2.34. The van der Waals surface area contributed by atoms with Gasteiger partial charge in [-0.3, -0.25) is 14.7 Å². The lowest BCUT2D eigenvalue weighted by atomic mass is 9.86. The van der Waals surface area contributed by atoms with E-state index in [1.54, 1.807) is 12.3 Å². The zero-order valence-electron chi connectivity index (χ0n) is 13.7. The van der Waals surface area contributed by atoms with Gasteiger partial charge in [0.2, 0.25) is 5.91 Å². The number of likely N-dealkylation sites (tertiary alicyclic amines) is 1. The van der Waals surface area contributed by atoms with Gasteiger partial charge in [0.25, 0.3) is 5.91 Å². The van der Waals surface area contributed by atoms with E-state index in [0.29, 0.717) is 31.7 Å². The number of carbonyl (C=O) groups excluding carboxylic acids is 2. The lowest BCUT2D eigenvalue weighted by molar-refractivity contribution is -0.117. The number of nitrogens with zero attached hydrogens (tertiary/aromatic N) is 3. The summed E-state index contributed by atoms with van der Waals surface area (Å²) in [6, 6.07) is 9.72. The van der Waals surface area contributed by atoms with Gasteiger partial charge in [0, 0.05) is 43.4 Å². The van der Waals surface area contributed by atoms with Crippen LogP contribution in [-0.2, 0) is 4.79 Å². The highest BCUT2D eigenvalue weighted by Crippen LogP contribution is 2.42. The van der Waals surface area contributed by atoms with Crippen LogP contribution < -0.4 is 4.90 Å². The van der Waals surface area contributed by atoms with Crippen LogP contribution in [-0.4, -0.2) is 46.5 Å². The number of nitrogens with one attached hydrogen (secondary N) is 1. The Labute approximate surface area is 140 Å². The number of hydrogen-bond acceptors (Lipinski definition) is 3. The monoisotopic (exact) mass is 324 g/mol. The van der Waals surface area contributed by atoms with Gasteiger partial charge < -0.3 is 9.80 Å². The minimum atomic E-state index is -0.127. The maximum Gasteiger partial charge on any atom is 0.271 e. The second-order valence-electron chi connectivity index (χ2n) is 6.94. The van der Waals surface area contributed by atoms with Gasteiger partial charge in [-0.2, -0.15) is 5.10 Å². The molecule has 0 radical (unpaired) electrons. The van der Waals surface area contributed by atoms with Crippen LogP contribution in [0.4, 0.5) is 5.69 Å². The van der Waals surface area contributed by atoms with Gasteiger partial charge in [-0.1, -0.05) is 17.7 Å². The number of carbonyl (C=O) groups is 2. The SMILES string of the molecule is Cc1ccc(N2C[C@@]3(CCN(C(=O)c4ccn[nH]4)C3)CC2=O)cc1. The summed E-state index contributed by atoms with van der Waals surface area (Å²) in [5, 5.41) is 6.56. The first kappa shape index (κ1) is 14.9. The fourth-order valence-electron chi connectivity index (χ4n) is 3.78. The largest absolute Gasteiger partial charge is 0.337 e. The Hall–Kier alpha value is -2.63. The van der Waals surface area contributed by atoms with Gasteiger partial charge in [-0.15, -0.1) is 0 Å². The maximum absolute atomic E-state index is 12.5. The predicted molar refractivity (Wildman–Crippen MR) is 89.7 cm³/mol. The minimum absolute atomic E-state index is 0.0365. The van der Waals surface area contributed by atoms with E-state index in [-0.39, 0.29) is 17.2 Å². The second kappa shape index (κ2) is 5.47. The third-order valence-electron chi connectivity index (χ3n) is 5.12. The van der Waals surface area contributed by atoms with Crippen molar-refractivity contribution in [3.05, 3.63) is 47.8 Å². The summed E-state index contributed by atoms with van der Waals surface area (Å²) in [4.78, 5) is 28.7. The van der Waals surface area contributed by atoms with E-state index >= 15 is 0 Å². The summed E-state index contributed by atoms with van der Waals surface area (Å²) in [7, 11) is 0. The Bertz CT molecular complexity index is 769. The molecule has 0 aliphatic carbocycles. The smallest absolute Gasteiger partial charge is 0.271 e. The lowest BCUT2D eigenvalue weighted by Gasteiger charge is -2.24. The molecule has 1 aromatic carbocycles. The second-order valence-corrected chi connectivity index (χ2v) is 6.94. The van der Waals surface area contributed by atoms with Crippen LogP contribution in [0.3, 0.4) is 0 Å². The van der Waals surface area contributed by atoms with Crippen LogP contribution in [0.15, 0.2) is 36.5 Å². The first-order valence-corrected chi connectivity index (χ1v) is 8.22. The summed E-state index contributed by atoms with van der Waals surface area (Å²) in [6.07, 6.45) is 2.95. The Balaban J connectivity index is 1.50. The summed E-state index contributed by atoms with van der Waals surface area (Å²) in [6.45, 7) is 4.03. The number of rotatable bonds is 2. The first-order valence-electron chi connectivity index (χ1n) is 8.22. The van der Waals surface area contributed by atoms with E-state index in [9.17, 15) is 9.59 Å². The van der Waals surface area contributed by atoms with Crippen molar-refractivity contribution in [1.29, 1.82) is 0 Å². The van der Waals surface area contributed by atoms with E-state index in [4.69, 9.17) is 0 Å². The van der Waals surface area contributed by atoms with Crippen molar-refractivity contribution >= 4 is 17.5 Å². The van der Waals surface area contributed by atoms with Crippen LogP contribution in [0.25, 0.3) is 0 Å². The molecule has 2 aliphatic heterocycles. The normalized spacial score (nSPS) is 23.5. The summed E-state index contributed by atoms with van der Waals surface area (Å²) >= 11 is 0. The third-order valence-corrected chi connectivity index (χ3v) is 5.12. The zero-order chi connectivity index (χ0) is 16.7. The number of H-pyrrole nitrogens is 1. The number of amides is 2. The fraction of sp³-hybridized carbons (Fsp3) is 0.389. The molecule has 1 spiro atoms. The minimum Gasteiger partial charge on any atom is -0.337 e. The van der Waals surface area contributed by atoms with E-state index in [2.05, 4.69) is 10.2 Å². The number of aromatic nitrogens is 2. The molecule has 3 heterocycles. The summed E-state index contributed by atoms with van der Waals surface area (Å²) in [5.41, 5.74) is 2.50. The van der Waals surface area contributed by atoms with Gasteiger partial charge in [0.1, 0.15) is 5.69 Å². The highest BCUT2D eigenvalue weighted by molar-refractivity contribution is 5.97. The quantitative estimate of drug-likeness (QED) is 0.918. The predicted octanol–water partition coefficient (Wildman–Crippen LogP) is 1.99. The van der Waals surface area contributed by atoms with Crippen molar-refractivity contribution < 1.29 is 9.59 Å². The standard InChI is InChI=1S/C18H20N4O2/c1-13-2-4-14(5-3-13)22-12-18(10-16(22)23)7-9-21(11-18)17(24)15-6-8-19-20-15/h2-6,8H,7,9-12H2,1H3,(H,19,20)/t18-/m0/s1. The molecule has 24 heavy (non-hydrogen) atoms. The molecule has 4 rings (SSSR count). The van der Waals surface area contributed by atoms with Crippen LogP contribution in [0.5, 0.6) is 0 Å². The van der Waals surface area contributed by atoms with Crippen LogP contribution >= 0.6 is 0 Å². The van der Waals surface area contributed by atoms with Gasteiger partial charge in [-0.25, -0.2) is 0 Å². The van der Waals surface area contributed by atoms with Crippen molar-refractivity contribution in [3.8, 4) is 0 Å². The molecule has 2 aliphatic rings. The topological polar surface area (TPSA) is 69.3 Å². The highest BCUT2D eigenvalue weighted by atomic mass is 16.2. The van der Waals surface area contributed by atoms with E-state index in [1.165, 1.54) is 5.56 Å². The van der Waals surface area contributed by atoms with Gasteiger partial charge in [0.05, 0.1) is 0 Å². The molecule has 0 saturated carbocycles. The third kappa shape index (κ3) is 2.48. The molecule has 1 atom stereocenters. The van der Waals surface area contributed by atoms with Crippen molar-refractivity contribution in [2.75, 3.05) is 24.5 Å². The first-order chi connectivity index (χ1) is 11.6. The van der Waals surface area contributed by atoms with E-state index in [0.717, 1.165) is 12.1 Å². The molecule has 2 saturated heterocycles. The van der Waals surface area contributed by atoms with Crippen molar-refractivity contribution in [1.82, 2.24) is 15.1 Å². The Kier molecular flexibility index (Phi) is 3.40. The van der Waals surface area contributed by atoms with Crippen molar-refractivity contribution in [2.24, 2.45) is 5.41 Å². The highest BCUT2D eigenvalue weighted by Gasteiger charge is 2.48.